The van der Waals surface area contributed by atoms with E-state index in [1.807, 2.05) is 48.1 Å². The van der Waals surface area contributed by atoms with Gasteiger partial charge in [0, 0.05) is 24.8 Å². The average Bonchev–Trinajstić information content (AvgIpc) is 2.89. The molecule has 0 bridgehead atoms. The number of para-hydroxylation sites is 1. The molecule has 19 heavy (non-hydrogen) atoms. The van der Waals surface area contributed by atoms with Crippen LogP contribution in [0.4, 0.5) is 0 Å². The van der Waals surface area contributed by atoms with Crippen LogP contribution in [0.3, 0.4) is 0 Å². The van der Waals surface area contributed by atoms with Crippen molar-refractivity contribution < 1.29 is 4.79 Å². The summed E-state index contributed by atoms with van der Waals surface area (Å²) in [4.78, 5) is 11.3. The highest BCUT2D eigenvalue weighted by Crippen LogP contribution is 2.07. The zero-order chi connectivity index (χ0) is 13.5. The molecule has 0 saturated heterocycles. The number of carbonyl (C=O) groups is 1. The molecule has 1 aromatic carbocycles. The van der Waals surface area contributed by atoms with Gasteiger partial charge in [-0.3, -0.25) is 4.79 Å². The maximum atomic E-state index is 11.3. The van der Waals surface area contributed by atoms with Crippen LogP contribution >= 0.6 is 0 Å². The predicted octanol–water partition coefficient (Wildman–Crippen LogP) is 1.10. The fraction of sp³-hybridized carbons (Fsp3) is 0.286. The Labute approximate surface area is 112 Å². The number of nitrogens with one attached hydrogen (secondary N) is 2. The third-order valence-corrected chi connectivity index (χ3v) is 2.65. The second-order valence-electron chi connectivity index (χ2n) is 4.19. The molecule has 2 aromatic rings. The molecule has 0 fully saturated rings. The van der Waals surface area contributed by atoms with Gasteiger partial charge in [0.25, 0.3) is 0 Å². The summed E-state index contributed by atoms with van der Waals surface area (Å²) >= 11 is 0. The van der Waals surface area contributed by atoms with Gasteiger partial charge in [0.1, 0.15) is 0 Å². The molecule has 1 heterocycles. The molecule has 0 aliphatic rings. The fourth-order valence-corrected chi connectivity index (χ4v) is 1.75. The van der Waals surface area contributed by atoms with E-state index in [-0.39, 0.29) is 5.91 Å². The Morgan fingerprint density at radius 1 is 1.32 bits per heavy atom. The van der Waals surface area contributed by atoms with E-state index in [2.05, 4.69) is 15.7 Å². The van der Waals surface area contributed by atoms with Gasteiger partial charge in [-0.1, -0.05) is 18.2 Å². The highest BCUT2D eigenvalue weighted by Gasteiger charge is 2.02. The Morgan fingerprint density at radius 3 is 2.84 bits per heavy atom. The van der Waals surface area contributed by atoms with E-state index >= 15 is 0 Å². The SMILES string of the molecule is CCNC(=O)CNCc1cnn(-c2ccccc2)c1. The number of nitrogens with zero attached hydrogens (tertiary/aromatic N) is 2. The van der Waals surface area contributed by atoms with Gasteiger partial charge in [0.2, 0.25) is 5.91 Å². The molecule has 0 saturated carbocycles. The molecule has 0 aliphatic heterocycles. The van der Waals surface area contributed by atoms with E-state index in [9.17, 15) is 4.79 Å². The molecule has 0 radical (unpaired) electrons. The first-order chi connectivity index (χ1) is 9.29. The van der Waals surface area contributed by atoms with E-state index < -0.39 is 0 Å². The van der Waals surface area contributed by atoms with E-state index in [1.165, 1.54) is 0 Å². The normalized spacial score (nSPS) is 10.4. The van der Waals surface area contributed by atoms with Crippen LogP contribution in [0, 0.1) is 0 Å². The number of aromatic nitrogens is 2. The van der Waals surface area contributed by atoms with E-state index in [0.29, 0.717) is 19.6 Å². The lowest BCUT2D eigenvalue weighted by molar-refractivity contribution is -0.120. The molecule has 5 nitrogen and oxygen atoms in total. The number of hydrogen-bond donors (Lipinski definition) is 2. The molecule has 0 spiro atoms. The summed E-state index contributed by atoms with van der Waals surface area (Å²) in [6.07, 6.45) is 3.76. The van der Waals surface area contributed by atoms with Gasteiger partial charge in [-0.05, 0) is 19.1 Å². The van der Waals surface area contributed by atoms with Gasteiger partial charge in [0.05, 0.1) is 18.4 Å². The van der Waals surface area contributed by atoms with Gasteiger partial charge in [-0.25, -0.2) is 4.68 Å². The number of hydrogen-bond acceptors (Lipinski definition) is 3. The van der Waals surface area contributed by atoms with Crippen molar-refractivity contribution in [1.82, 2.24) is 20.4 Å². The first-order valence-corrected chi connectivity index (χ1v) is 6.36. The zero-order valence-electron chi connectivity index (χ0n) is 11.0. The molecule has 0 aliphatic carbocycles. The van der Waals surface area contributed by atoms with Gasteiger partial charge in [-0.2, -0.15) is 5.10 Å². The molecule has 0 unspecified atom stereocenters. The van der Waals surface area contributed by atoms with Gasteiger partial charge in [-0.15, -0.1) is 0 Å². The van der Waals surface area contributed by atoms with Gasteiger partial charge in [0.15, 0.2) is 0 Å². The molecule has 5 heteroatoms. The molecule has 1 aromatic heterocycles. The van der Waals surface area contributed by atoms with Crippen LogP contribution in [-0.2, 0) is 11.3 Å². The highest BCUT2D eigenvalue weighted by atomic mass is 16.1. The van der Waals surface area contributed by atoms with Gasteiger partial charge < -0.3 is 10.6 Å². The van der Waals surface area contributed by atoms with Crippen LogP contribution in [0.1, 0.15) is 12.5 Å². The Bertz CT molecular complexity index is 521. The van der Waals surface area contributed by atoms with Crippen LogP contribution in [0.2, 0.25) is 0 Å². The molecule has 0 atom stereocenters. The summed E-state index contributed by atoms with van der Waals surface area (Å²) in [6, 6.07) is 9.92. The molecule has 100 valence electrons. The van der Waals surface area contributed by atoms with Crippen LogP contribution in [0.5, 0.6) is 0 Å². The smallest absolute Gasteiger partial charge is 0.233 e. The first-order valence-electron chi connectivity index (χ1n) is 6.36. The second-order valence-corrected chi connectivity index (χ2v) is 4.19. The largest absolute Gasteiger partial charge is 0.355 e. The van der Waals surface area contributed by atoms with E-state index in [1.54, 1.807) is 6.20 Å². The minimum absolute atomic E-state index is 0.0120. The summed E-state index contributed by atoms with van der Waals surface area (Å²) in [6.45, 7) is 3.52. The lowest BCUT2D eigenvalue weighted by Gasteiger charge is -2.03. The van der Waals surface area contributed by atoms with Gasteiger partial charge >= 0.3 is 0 Å². The summed E-state index contributed by atoms with van der Waals surface area (Å²) in [5, 5.41) is 10.1. The zero-order valence-corrected chi connectivity index (χ0v) is 11.0. The predicted molar refractivity (Wildman–Crippen MR) is 74.0 cm³/mol. The third-order valence-electron chi connectivity index (χ3n) is 2.65. The fourth-order valence-electron chi connectivity index (χ4n) is 1.75. The summed E-state index contributed by atoms with van der Waals surface area (Å²) in [7, 11) is 0. The van der Waals surface area contributed by atoms with Crippen molar-refractivity contribution in [2.24, 2.45) is 0 Å². The Kier molecular flexibility index (Phi) is 4.69. The third kappa shape index (κ3) is 3.93. The van der Waals surface area contributed by atoms with Crippen molar-refractivity contribution in [2.45, 2.75) is 13.5 Å². The van der Waals surface area contributed by atoms with Crippen molar-refractivity contribution >= 4 is 5.91 Å². The molecule has 2 rings (SSSR count). The average molecular weight is 258 g/mol. The number of likely N-dealkylation sites (N-methyl/N-ethyl adjacent to an activating group) is 1. The number of carbonyl (C=O) groups excluding carboxylic acids is 1. The lowest BCUT2D eigenvalue weighted by atomic mass is 10.3. The highest BCUT2D eigenvalue weighted by molar-refractivity contribution is 5.77. The quantitative estimate of drug-likeness (QED) is 0.815. The summed E-state index contributed by atoms with van der Waals surface area (Å²) in [5.74, 6) is 0.0120. The molecular weight excluding hydrogens is 240 g/mol. The summed E-state index contributed by atoms with van der Waals surface area (Å²) < 4.78 is 1.82. The Morgan fingerprint density at radius 2 is 2.11 bits per heavy atom. The molecule has 1 amide bonds. The van der Waals surface area contributed by atoms with Crippen LogP contribution in [-0.4, -0.2) is 28.8 Å². The van der Waals surface area contributed by atoms with E-state index in [4.69, 9.17) is 0 Å². The monoisotopic (exact) mass is 258 g/mol. The molecular formula is C14H18N4O. The summed E-state index contributed by atoms with van der Waals surface area (Å²) in [5.41, 5.74) is 2.07. The standard InChI is InChI=1S/C14H18N4O/c1-2-16-14(19)10-15-8-12-9-17-18(11-12)13-6-4-3-5-7-13/h3-7,9,11,15H,2,8,10H2,1H3,(H,16,19). The van der Waals surface area contributed by atoms with Crippen molar-refractivity contribution in [3.8, 4) is 5.69 Å². The maximum absolute atomic E-state index is 11.3. The number of amides is 1. The van der Waals surface area contributed by atoms with Crippen molar-refractivity contribution in [2.75, 3.05) is 13.1 Å². The van der Waals surface area contributed by atoms with Crippen LogP contribution in [0.25, 0.3) is 5.69 Å². The minimum atomic E-state index is 0.0120. The maximum Gasteiger partial charge on any atom is 0.233 e. The van der Waals surface area contributed by atoms with E-state index in [0.717, 1.165) is 11.3 Å². The Hall–Kier alpha value is -2.14. The van der Waals surface area contributed by atoms with Crippen LogP contribution < -0.4 is 10.6 Å². The lowest BCUT2D eigenvalue weighted by Crippen LogP contribution is -2.33. The Balaban J connectivity index is 1.86. The second kappa shape index (κ2) is 6.70. The number of rotatable bonds is 6. The first kappa shape index (κ1) is 13.3. The minimum Gasteiger partial charge on any atom is -0.355 e. The number of benzene rings is 1. The van der Waals surface area contributed by atoms with Crippen LogP contribution in [0.15, 0.2) is 42.7 Å². The topological polar surface area (TPSA) is 59.0 Å². The van der Waals surface area contributed by atoms with Crippen molar-refractivity contribution in [3.63, 3.8) is 0 Å². The molecule has 2 N–H and O–H groups in total. The van der Waals surface area contributed by atoms with Crippen molar-refractivity contribution in [3.05, 3.63) is 48.3 Å². The van der Waals surface area contributed by atoms with Crippen molar-refractivity contribution in [1.29, 1.82) is 0 Å².